The third kappa shape index (κ3) is 3.68. The van der Waals surface area contributed by atoms with Gasteiger partial charge in [-0.15, -0.1) is 0 Å². The van der Waals surface area contributed by atoms with Gasteiger partial charge in [-0.05, 0) is 35.7 Å². The molecule has 0 aromatic carbocycles. The summed E-state index contributed by atoms with van der Waals surface area (Å²) >= 11 is 3.56. The molecular formula is C15H23BrN2O. The van der Waals surface area contributed by atoms with Crippen molar-refractivity contribution in [2.45, 2.75) is 65.3 Å². The van der Waals surface area contributed by atoms with E-state index >= 15 is 0 Å². The SMILES string of the molecule is CCn1nc(C)c(Br)c1CC(=O)CC1CCCCC1. The number of halogens is 1. The molecule has 1 aliphatic rings. The molecule has 1 heterocycles. The van der Waals surface area contributed by atoms with E-state index in [9.17, 15) is 4.79 Å². The van der Waals surface area contributed by atoms with Crippen LogP contribution in [0.25, 0.3) is 0 Å². The molecule has 4 heteroatoms. The number of Topliss-reactive ketones (excluding diaryl/α,β-unsaturated/α-hetero) is 1. The van der Waals surface area contributed by atoms with Crippen LogP contribution in [-0.4, -0.2) is 15.6 Å². The Balaban J connectivity index is 1.98. The first-order valence-electron chi connectivity index (χ1n) is 7.35. The minimum absolute atomic E-state index is 0.363. The number of carbonyl (C=O) groups is 1. The molecule has 106 valence electrons. The fraction of sp³-hybridized carbons (Fsp3) is 0.733. The Morgan fingerprint density at radius 1 is 1.37 bits per heavy atom. The fourth-order valence-corrected chi connectivity index (χ4v) is 3.43. The quantitative estimate of drug-likeness (QED) is 0.817. The van der Waals surface area contributed by atoms with E-state index in [0.29, 0.717) is 18.1 Å². The van der Waals surface area contributed by atoms with Crippen LogP contribution in [0.15, 0.2) is 4.47 Å². The highest BCUT2D eigenvalue weighted by atomic mass is 79.9. The number of carbonyl (C=O) groups excluding carboxylic acids is 1. The summed E-state index contributed by atoms with van der Waals surface area (Å²) in [7, 11) is 0. The summed E-state index contributed by atoms with van der Waals surface area (Å²) < 4.78 is 2.95. The Morgan fingerprint density at radius 2 is 2.05 bits per heavy atom. The van der Waals surface area contributed by atoms with Gasteiger partial charge in [0.25, 0.3) is 0 Å². The van der Waals surface area contributed by atoms with Gasteiger partial charge in [0.05, 0.1) is 15.9 Å². The van der Waals surface area contributed by atoms with Crippen molar-refractivity contribution in [3.05, 3.63) is 15.9 Å². The first-order valence-corrected chi connectivity index (χ1v) is 8.14. The van der Waals surface area contributed by atoms with Crippen molar-refractivity contribution >= 4 is 21.7 Å². The third-order valence-electron chi connectivity index (χ3n) is 4.06. The average Bonchev–Trinajstić information content (AvgIpc) is 2.67. The largest absolute Gasteiger partial charge is 0.299 e. The summed E-state index contributed by atoms with van der Waals surface area (Å²) in [4.78, 5) is 12.2. The summed E-state index contributed by atoms with van der Waals surface area (Å²) in [6.45, 7) is 4.86. The van der Waals surface area contributed by atoms with E-state index in [1.807, 2.05) is 11.6 Å². The molecule has 3 nitrogen and oxygen atoms in total. The summed E-state index contributed by atoms with van der Waals surface area (Å²) in [5, 5.41) is 4.45. The van der Waals surface area contributed by atoms with E-state index in [4.69, 9.17) is 0 Å². The van der Waals surface area contributed by atoms with Crippen molar-refractivity contribution in [1.82, 2.24) is 9.78 Å². The molecule has 1 aromatic rings. The molecule has 19 heavy (non-hydrogen) atoms. The van der Waals surface area contributed by atoms with E-state index < -0.39 is 0 Å². The van der Waals surface area contributed by atoms with Gasteiger partial charge in [0.15, 0.2) is 0 Å². The molecule has 2 rings (SSSR count). The van der Waals surface area contributed by atoms with Crippen LogP contribution in [0.2, 0.25) is 0 Å². The molecule has 1 aliphatic carbocycles. The van der Waals surface area contributed by atoms with Crippen molar-refractivity contribution < 1.29 is 4.79 Å². The lowest BCUT2D eigenvalue weighted by atomic mass is 9.85. The van der Waals surface area contributed by atoms with Crippen LogP contribution in [0.4, 0.5) is 0 Å². The van der Waals surface area contributed by atoms with E-state index in [0.717, 1.165) is 28.8 Å². The number of rotatable bonds is 5. The first-order chi connectivity index (χ1) is 9.11. The maximum Gasteiger partial charge on any atom is 0.139 e. The number of aryl methyl sites for hydroxylation is 2. The minimum Gasteiger partial charge on any atom is -0.299 e. The Kier molecular flexibility index (Phi) is 5.20. The number of nitrogens with zero attached hydrogens (tertiary/aromatic N) is 2. The Morgan fingerprint density at radius 3 is 2.68 bits per heavy atom. The number of ketones is 1. The molecule has 0 spiro atoms. The van der Waals surface area contributed by atoms with Gasteiger partial charge in [0, 0.05) is 19.4 Å². The van der Waals surface area contributed by atoms with Crippen LogP contribution >= 0.6 is 15.9 Å². The lowest BCUT2D eigenvalue weighted by molar-refractivity contribution is -0.119. The van der Waals surface area contributed by atoms with Gasteiger partial charge in [-0.3, -0.25) is 9.48 Å². The second-order valence-electron chi connectivity index (χ2n) is 5.59. The van der Waals surface area contributed by atoms with Gasteiger partial charge in [-0.25, -0.2) is 0 Å². The van der Waals surface area contributed by atoms with Gasteiger partial charge in [0.1, 0.15) is 5.78 Å². The molecule has 0 bridgehead atoms. The molecule has 0 saturated heterocycles. The van der Waals surface area contributed by atoms with E-state index in [2.05, 4.69) is 28.0 Å². The van der Waals surface area contributed by atoms with Crippen LogP contribution in [0.1, 0.15) is 56.8 Å². The van der Waals surface area contributed by atoms with Crippen LogP contribution in [0.3, 0.4) is 0 Å². The van der Waals surface area contributed by atoms with E-state index in [1.54, 1.807) is 0 Å². The minimum atomic E-state index is 0.363. The van der Waals surface area contributed by atoms with Crippen LogP contribution in [-0.2, 0) is 17.8 Å². The Labute approximate surface area is 123 Å². The van der Waals surface area contributed by atoms with Crippen molar-refractivity contribution in [3.63, 3.8) is 0 Å². The van der Waals surface area contributed by atoms with Crippen molar-refractivity contribution in [1.29, 1.82) is 0 Å². The molecule has 0 atom stereocenters. The van der Waals surface area contributed by atoms with Gasteiger partial charge >= 0.3 is 0 Å². The molecule has 1 aromatic heterocycles. The van der Waals surface area contributed by atoms with Crippen LogP contribution < -0.4 is 0 Å². The van der Waals surface area contributed by atoms with Gasteiger partial charge in [0.2, 0.25) is 0 Å². The van der Waals surface area contributed by atoms with E-state index in [-0.39, 0.29) is 0 Å². The summed E-state index contributed by atoms with van der Waals surface area (Å²) in [5.41, 5.74) is 2.02. The zero-order valence-corrected chi connectivity index (χ0v) is 13.5. The maximum absolute atomic E-state index is 12.2. The average molecular weight is 327 g/mol. The Bertz CT molecular complexity index is 447. The molecule has 1 saturated carbocycles. The zero-order chi connectivity index (χ0) is 13.8. The molecular weight excluding hydrogens is 304 g/mol. The smallest absolute Gasteiger partial charge is 0.139 e. The van der Waals surface area contributed by atoms with Gasteiger partial charge in [-0.1, -0.05) is 32.1 Å². The number of hydrogen-bond donors (Lipinski definition) is 0. The van der Waals surface area contributed by atoms with Crippen molar-refractivity contribution in [2.75, 3.05) is 0 Å². The van der Waals surface area contributed by atoms with E-state index in [1.165, 1.54) is 32.1 Å². The monoisotopic (exact) mass is 326 g/mol. The van der Waals surface area contributed by atoms with Crippen molar-refractivity contribution in [3.8, 4) is 0 Å². The predicted molar refractivity (Wildman–Crippen MR) is 80.2 cm³/mol. The fourth-order valence-electron chi connectivity index (χ4n) is 3.01. The van der Waals surface area contributed by atoms with Crippen molar-refractivity contribution in [2.24, 2.45) is 5.92 Å². The highest BCUT2D eigenvalue weighted by molar-refractivity contribution is 9.10. The molecule has 0 aliphatic heterocycles. The third-order valence-corrected chi connectivity index (χ3v) is 5.09. The van der Waals surface area contributed by atoms with Gasteiger partial charge in [-0.2, -0.15) is 5.10 Å². The number of hydrogen-bond acceptors (Lipinski definition) is 2. The van der Waals surface area contributed by atoms with Crippen LogP contribution in [0, 0.1) is 12.8 Å². The topological polar surface area (TPSA) is 34.9 Å². The molecule has 1 fully saturated rings. The van der Waals surface area contributed by atoms with Crippen LogP contribution in [0.5, 0.6) is 0 Å². The Hall–Kier alpha value is -0.640. The second kappa shape index (κ2) is 6.69. The molecule has 0 N–H and O–H groups in total. The molecule has 0 amide bonds. The predicted octanol–water partition coefficient (Wildman–Crippen LogP) is 4.06. The number of aromatic nitrogens is 2. The normalized spacial score (nSPS) is 16.8. The summed E-state index contributed by atoms with van der Waals surface area (Å²) in [6, 6.07) is 0. The lowest BCUT2D eigenvalue weighted by Crippen LogP contribution is -2.15. The highest BCUT2D eigenvalue weighted by Crippen LogP contribution is 2.28. The first kappa shape index (κ1) is 14.8. The molecule has 0 unspecified atom stereocenters. The molecule has 0 radical (unpaired) electrons. The summed E-state index contributed by atoms with van der Waals surface area (Å²) in [5.74, 6) is 0.987. The maximum atomic E-state index is 12.2. The standard InChI is InChI=1S/C15H23BrN2O/c1-3-18-14(15(16)11(2)17-18)10-13(19)9-12-7-5-4-6-8-12/h12H,3-10H2,1-2H3. The highest BCUT2D eigenvalue weighted by Gasteiger charge is 2.20. The van der Waals surface area contributed by atoms with Gasteiger partial charge < -0.3 is 0 Å². The lowest BCUT2D eigenvalue weighted by Gasteiger charge is -2.20. The zero-order valence-electron chi connectivity index (χ0n) is 11.9. The second-order valence-corrected chi connectivity index (χ2v) is 6.38. The summed E-state index contributed by atoms with van der Waals surface area (Å²) in [6.07, 6.45) is 7.68.